The molecular weight excluding hydrogens is 180 g/mol. The van der Waals surface area contributed by atoms with Gasteiger partial charge in [0.15, 0.2) is 0 Å². The van der Waals surface area contributed by atoms with Crippen LogP contribution < -0.4 is 0 Å². The highest BCUT2D eigenvalue weighted by Crippen LogP contribution is 2.19. The van der Waals surface area contributed by atoms with Crippen LogP contribution in [0.1, 0.15) is 34.1 Å². The number of aliphatic hydroxyl groups excluding tert-OH is 2. The van der Waals surface area contributed by atoms with E-state index in [0.717, 1.165) is 6.42 Å². The van der Waals surface area contributed by atoms with Crippen LogP contribution in [0.4, 0.5) is 0 Å². The molecule has 0 heterocycles. The lowest BCUT2D eigenvalue weighted by atomic mass is 9.92. The fraction of sp³-hybridized carbons (Fsp3) is 1.00. The van der Waals surface area contributed by atoms with Crippen molar-refractivity contribution in [1.82, 2.24) is 0 Å². The molecule has 0 aliphatic rings. The average molecular weight is 204 g/mol. The van der Waals surface area contributed by atoms with Crippen molar-refractivity contribution in [2.75, 3.05) is 26.4 Å². The zero-order valence-electron chi connectivity index (χ0n) is 9.84. The zero-order chi connectivity index (χ0) is 11.2. The van der Waals surface area contributed by atoms with E-state index in [1.165, 1.54) is 0 Å². The summed E-state index contributed by atoms with van der Waals surface area (Å²) in [7, 11) is 0. The van der Waals surface area contributed by atoms with E-state index < -0.39 is 5.41 Å². The molecule has 14 heavy (non-hydrogen) atoms. The summed E-state index contributed by atoms with van der Waals surface area (Å²) in [5, 5.41) is 18.0. The summed E-state index contributed by atoms with van der Waals surface area (Å²) < 4.78 is 5.44. The molecule has 2 N–H and O–H groups in total. The van der Waals surface area contributed by atoms with E-state index >= 15 is 0 Å². The normalized spacial score (nSPS) is 13.3. The van der Waals surface area contributed by atoms with E-state index in [9.17, 15) is 0 Å². The van der Waals surface area contributed by atoms with E-state index in [1.54, 1.807) is 0 Å². The van der Waals surface area contributed by atoms with E-state index in [1.807, 2.05) is 6.92 Å². The van der Waals surface area contributed by atoms with Crippen LogP contribution in [0.2, 0.25) is 0 Å². The Hall–Kier alpha value is -0.120. The standard InChI is InChI=1S/C11H24O3/c1-10(2,3)5-6-14-9-11(4,7-12)8-13/h12-13H,5-9H2,1-4H3. The summed E-state index contributed by atoms with van der Waals surface area (Å²) in [4.78, 5) is 0. The first-order chi connectivity index (χ1) is 6.33. The van der Waals surface area contributed by atoms with Gasteiger partial charge in [-0.25, -0.2) is 0 Å². The Morgan fingerprint density at radius 2 is 1.50 bits per heavy atom. The molecule has 0 aromatic carbocycles. The molecule has 0 unspecified atom stereocenters. The first kappa shape index (κ1) is 13.9. The van der Waals surface area contributed by atoms with Gasteiger partial charge in [-0.2, -0.15) is 0 Å². The fourth-order valence-electron chi connectivity index (χ4n) is 0.838. The Morgan fingerprint density at radius 3 is 1.86 bits per heavy atom. The third-order valence-electron chi connectivity index (χ3n) is 2.21. The van der Waals surface area contributed by atoms with Gasteiger partial charge in [-0.05, 0) is 11.8 Å². The quantitative estimate of drug-likeness (QED) is 0.643. The van der Waals surface area contributed by atoms with Gasteiger partial charge in [-0.15, -0.1) is 0 Å². The lowest BCUT2D eigenvalue weighted by molar-refractivity contribution is -0.0213. The van der Waals surface area contributed by atoms with Crippen molar-refractivity contribution in [3.63, 3.8) is 0 Å². The molecule has 0 aliphatic heterocycles. The number of hydrogen-bond acceptors (Lipinski definition) is 3. The van der Waals surface area contributed by atoms with Crippen LogP contribution in [-0.2, 0) is 4.74 Å². The summed E-state index contributed by atoms with van der Waals surface area (Å²) >= 11 is 0. The minimum absolute atomic E-state index is 0.0426. The van der Waals surface area contributed by atoms with Crippen LogP contribution in [0.5, 0.6) is 0 Å². The van der Waals surface area contributed by atoms with Crippen molar-refractivity contribution >= 4 is 0 Å². The minimum Gasteiger partial charge on any atom is -0.396 e. The first-order valence-corrected chi connectivity index (χ1v) is 5.12. The van der Waals surface area contributed by atoms with Gasteiger partial charge in [0.1, 0.15) is 0 Å². The predicted octanol–water partition coefficient (Wildman–Crippen LogP) is 1.43. The highest BCUT2D eigenvalue weighted by atomic mass is 16.5. The van der Waals surface area contributed by atoms with Crippen molar-refractivity contribution in [2.24, 2.45) is 10.8 Å². The van der Waals surface area contributed by atoms with Crippen molar-refractivity contribution in [3.05, 3.63) is 0 Å². The molecule has 0 saturated heterocycles. The minimum atomic E-state index is -0.502. The highest BCUT2D eigenvalue weighted by molar-refractivity contribution is 4.71. The molecule has 0 radical (unpaired) electrons. The molecule has 0 spiro atoms. The lowest BCUT2D eigenvalue weighted by Crippen LogP contribution is -2.32. The summed E-state index contributed by atoms with van der Waals surface area (Å²) in [5.74, 6) is 0. The second-order valence-corrected chi connectivity index (χ2v) is 5.49. The molecule has 0 aromatic rings. The Morgan fingerprint density at radius 1 is 1.00 bits per heavy atom. The van der Waals surface area contributed by atoms with Crippen molar-refractivity contribution in [3.8, 4) is 0 Å². The van der Waals surface area contributed by atoms with Gasteiger partial charge < -0.3 is 14.9 Å². The lowest BCUT2D eigenvalue weighted by Gasteiger charge is -2.25. The second-order valence-electron chi connectivity index (χ2n) is 5.49. The second kappa shape index (κ2) is 5.69. The molecule has 0 rings (SSSR count). The van der Waals surface area contributed by atoms with Crippen molar-refractivity contribution in [2.45, 2.75) is 34.1 Å². The van der Waals surface area contributed by atoms with Crippen molar-refractivity contribution < 1.29 is 14.9 Å². The number of hydrogen-bond donors (Lipinski definition) is 2. The number of ether oxygens (including phenoxy) is 1. The third-order valence-corrected chi connectivity index (χ3v) is 2.21. The van der Waals surface area contributed by atoms with Crippen LogP contribution in [-0.4, -0.2) is 36.6 Å². The molecule has 86 valence electrons. The van der Waals surface area contributed by atoms with Gasteiger partial charge >= 0.3 is 0 Å². The molecule has 0 aliphatic carbocycles. The molecule has 3 nitrogen and oxygen atoms in total. The smallest absolute Gasteiger partial charge is 0.0563 e. The SMILES string of the molecule is CC(C)(C)CCOCC(C)(CO)CO. The molecule has 0 bridgehead atoms. The number of aliphatic hydroxyl groups is 2. The molecule has 0 atom stereocenters. The first-order valence-electron chi connectivity index (χ1n) is 5.12. The maximum absolute atomic E-state index is 9.00. The van der Waals surface area contributed by atoms with Crippen LogP contribution in [0.25, 0.3) is 0 Å². The maximum atomic E-state index is 9.00. The highest BCUT2D eigenvalue weighted by Gasteiger charge is 2.22. The van der Waals surface area contributed by atoms with Gasteiger partial charge in [0.2, 0.25) is 0 Å². The maximum Gasteiger partial charge on any atom is 0.0563 e. The van der Waals surface area contributed by atoms with Crippen LogP contribution in [0, 0.1) is 10.8 Å². The molecule has 3 heteroatoms. The Kier molecular flexibility index (Phi) is 5.64. The molecule has 0 amide bonds. The molecule has 0 saturated carbocycles. The topological polar surface area (TPSA) is 49.7 Å². The Labute approximate surface area is 87.1 Å². The van der Waals surface area contributed by atoms with E-state index in [2.05, 4.69) is 20.8 Å². The molecular formula is C11H24O3. The van der Waals surface area contributed by atoms with Crippen LogP contribution >= 0.6 is 0 Å². The third kappa shape index (κ3) is 6.35. The van der Waals surface area contributed by atoms with Gasteiger partial charge in [-0.1, -0.05) is 27.7 Å². The molecule has 0 fully saturated rings. The largest absolute Gasteiger partial charge is 0.396 e. The summed E-state index contributed by atoms with van der Waals surface area (Å²) in [5.41, 5.74) is -0.229. The van der Waals surface area contributed by atoms with Crippen molar-refractivity contribution in [1.29, 1.82) is 0 Å². The average Bonchev–Trinajstić information content (AvgIpc) is 2.11. The van der Waals surface area contributed by atoms with Gasteiger partial charge in [0.05, 0.1) is 19.8 Å². The summed E-state index contributed by atoms with van der Waals surface area (Å²) in [6, 6.07) is 0. The fourth-order valence-corrected chi connectivity index (χ4v) is 0.838. The van der Waals surface area contributed by atoms with Gasteiger partial charge in [0.25, 0.3) is 0 Å². The van der Waals surface area contributed by atoms with Crippen LogP contribution in [0.3, 0.4) is 0 Å². The van der Waals surface area contributed by atoms with E-state index in [0.29, 0.717) is 13.2 Å². The molecule has 0 aromatic heterocycles. The summed E-state index contributed by atoms with van der Waals surface area (Å²) in [6.45, 7) is 9.30. The Bertz CT molecular complexity index is 145. The zero-order valence-corrected chi connectivity index (χ0v) is 9.84. The van der Waals surface area contributed by atoms with Gasteiger partial charge in [0, 0.05) is 12.0 Å². The Balaban J connectivity index is 3.63. The van der Waals surface area contributed by atoms with Gasteiger partial charge in [-0.3, -0.25) is 0 Å². The predicted molar refractivity (Wildman–Crippen MR) is 57.2 cm³/mol. The number of rotatable bonds is 6. The van der Waals surface area contributed by atoms with E-state index in [4.69, 9.17) is 14.9 Å². The van der Waals surface area contributed by atoms with Crippen LogP contribution in [0.15, 0.2) is 0 Å². The summed E-state index contributed by atoms with van der Waals surface area (Å²) in [6.07, 6.45) is 0.986. The van der Waals surface area contributed by atoms with E-state index in [-0.39, 0.29) is 18.6 Å². The monoisotopic (exact) mass is 204 g/mol.